The molecule has 1 aromatic carbocycles. The molecule has 0 saturated carbocycles. The Morgan fingerprint density at radius 2 is 2.00 bits per heavy atom. The lowest BCUT2D eigenvalue weighted by Gasteiger charge is -2.24. The fourth-order valence-electron chi connectivity index (χ4n) is 1.52. The topological polar surface area (TPSA) is 29.3 Å². The lowest BCUT2D eigenvalue weighted by Crippen LogP contribution is -2.30. The predicted octanol–water partition coefficient (Wildman–Crippen LogP) is 3.17. The fourth-order valence-corrected chi connectivity index (χ4v) is 2.04. The zero-order valence-corrected chi connectivity index (χ0v) is 10.4. The summed E-state index contributed by atoms with van der Waals surface area (Å²) in [6, 6.07) is 5.55. The summed E-state index contributed by atoms with van der Waals surface area (Å²) in [5.74, 6) is 0. The molecule has 15 heavy (non-hydrogen) atoms. The lowest BCUT2D eigenvalue weighted by atomic mass is 10.2. The molecule has 4 heteroatoms. The van der Waals surface area contributed by atoms with E-state index in [0.29, 0.717) is 16.6 Å². The van der Waals surface area contributed by atoms with Gasteiger partial charge in [0.1, 0.15) is 0 Å². The van der Waals surface area contributed by atoms with Crippen LogP contribution >= 0.6 is 23.2 Å². The summed E-state index contributed by atoms with van der Waals surface area (Å²) in [5, 5.41) is 1.34. The summed E-state index contributed by atoms with van der Waals surface area (Å²) in [7, 11) is 0. The van der Waals surface area contributed by atoms with E-state index in [9.17, 15) is 0 Å². The lowest BCUT2D eigenvalue weighted by molar-refractivity contribution is 0.763. The van der Waals surface area contributed by atoms with Crippen molar-refractivity contribution in [1.82, 2.24) is 0 Å². The van der Waals surface area contributed by atoms with Crippen LogP contribution in [-0.2, 0) is 0 Å². The van der Waals surface area contributed by atoms with Gasteiger partial charge in [-0.05, 0) is 24.6 Å². The first-order valence-corrected chi connectivity index (χ1v) is 5.84. The standard InChI is InChI=1S/C11H16Cl2N2/c1-2-6-15(7-5-14)11-4-3-9(12)8-10(11)13/h3-4,8H,2,5-7,14H2,1H3. The Labute approximate surface area is 101 Å². The first kappa shape index (κ1) is 12.6. The number of rotatable bonds is 5. The second-order valence-corrected chi connectivity index (χ2v) is 4.22. The van der Waals surface area contributed by atoms with Crippen molar-refractivity contribution in [3.05, 3.63) is 28.2 Å². The van der Waals surface area contributed by atoms with E-state index in [2.05, 4.69) is 11.8 Å². The zero-order chi connectivity index (χ0) is 11.3. The maximum absolute atomic E-state index is 6.13. The average Bonchev–Trinajstić information content (AvgIpc) is 2.17. The minimum absolute atomic E-state index is 0.624. The molecular weight excluding hydrogens is 231 g/mol. The fraction of sp³-hybridized carbons (Fsp3) is 0.455. The highest BCUT2D eigenvalue weighted by molar-refractivity contribution is 6.36. The third-order valence-corrected chi connectivity index (χ3v) is 2.68. The molecule has 0 aliphatic rings. The molecule has 0 atom stereocenters. The largest absolute Gasteiger partial charge is 0.369 e. The Morgan fingerprint density at radius 1 is 1.27 bits per heavy atom. The summed E-state index contributed by atoms with van der Waals surface area (Å²) in [6.45, 7) is 4.53. The van der Waals surface area contributed by atoms with Crippen molar-refractivity contribution >= 4 is 28.9 Å². The van der Waals surface area contributed by atoms with Crippen LogP contribution in [0.1, 0.15) is 13.3 Å². The van der Waals surface area contributed by atoms with Gasteiger partial charge in [-0.3, -0.25) is 0 Å². The van der Waals surface area contributed by atoms with E-state index in [0.717, 1.165) is 25.2 Å². The predicted molar refractivity (Wildman–Crippen MR) is 68.0 cm³/mol. The van der Waals surface area contributed by atoms with Gasteiger partial charge in [0.2, 0.25) is 0 Å². The molecule has 0 heterocycles. The number of hydrogen-bond acceptors (Lipinski definition) is 2. The van der Waals surface area contributed by atoms with Crippen molar-refractivity contribution in [2.24, 2.45) is 5.73 Å². The third kappa shape index (κ3) is 3.56. The maximum atomic E-state index is 6.13. The summed E-state index contributed by atoms with van der Waals surface area (Å²) in [4.78, 5) is 2.18. The monoisotopic (exact) mass is 246 g/mol. The second kappa shape index (κ2) is 6.21. The number of hydrogen-bond donors (Lipinski definition) is 1. The summed E-state index contributed by atoms with van der Waals surface area (Å²) in [6.07, 6.45) is 1.07. The van der Waals surface area contributed by atoms with Crippen LogP contribution < -0.4 is 10.6 Å². The van der Waals surface area contributed by atoms with Crippen molar-refractivity contribution in [1.29, 1.82) is 0 Å². The van der Waals surface area contributed by atoms with Crippen LogP contribution in [0.3, 0.4) is 0 Å². The van der Waals surface area contributed by atoms with Crippen molar-refractivity contribution < 1.29 is 0 Å². The van der Waals surface area contributed by atoms with Gasteiger partial charge in [-0.2, -0.15) is 0 Å². The van der Waals surface area contributed by atoms with Gasteiger partial charge in [0.15, 0.2) is 0 Å². The smallest absolute Gasteiger partial charge is 0.0654 e. The van der Waals surface area contributed by atoms with Crippen molar-refractivity contribution in [2.75, 3.05) is 24.5 Å². The molecule has 0 aliphatic heterocycles. The molecule has 0 unspecified atom stereocenters. The van der Waals surface area contributed by atoms with Crippen LogP contribution in [0.2, 0.25) is 10.0 Å². The molecule has 1 rings (SSSR count). The van der Waals surface area contributed by atoms with Crippen molar-refractivity contribution in [3.63, 3.8) is 0 Å². The van der Waals surface area contributed by atoms with E-state index < -0.39 is 0 Å². The van der Waals surface area contributed by atoms with E-state index in [4.69, 9.17) is 28.9 Å². The second-order valence-electron chi connectivity index (χ2n) is 3.37. The van der Waals surface area contributed by atoms with Gasteiger partial charge in [-0.25, -0.2) is 0 Å². The number of nitrogens with zero attached hydrogens (tertiary/aromatic N) is 1. The number of nitrogens with two attached hydrogens (primary N) is 1. The molecule has 1 aromatic rings. The molecule has 0 fully saturated rings. The van der Waals surface area contributed by atoms with Gasteiger partial charge in [0.25, 0.3) is 0 Å². The van der Waals surface area contributed by atoms with Gasteiger partial charge in [0, 0.05) is 24.7 Å². The molecule has 2 N–H and O–H groups in total. The van der Waals surface area contributed by atoms with E-state index >= 15 is 0 Å². The third-order valence-electron chi connectivity index (χ3n) is 2.14. The highest BCUT2D eigenvalue weighted by atomic mass is 35.5. The maximum Gasteiger partial charge on any atom is 0.0654 e. The summed E-state index contributed by atoms with van der Waals surface area (Å²) in [5.41, 5.74) is 6.57. The van der Waals surface area contributed by atoms with Crippen LogP contribution in [0, 0.1) is 0 Å². The number of anilines is 1. The van der Waals surface area contributed by atoms with Gasteiger partial charge < -0.3 is 10.6 Å². The molecule has 0 aromatic heterocycles. The quantitative estimate of drug-likeness (QED) is 0.865. The molecule has 0 spiro atoms. The van der Waals surface area contributed by atoms with E-state index in [1.54, 1.807) is 6.07 Å². The average molecular weight is 247 g/mol. The molecule has 2 nitrogen and oxygen atoms in total. The number of halogens is 2. The van der Waals surface area contributed by atoms with Gasteiger partial charge >= 0.3 is 0 Å². The molecular formula is C11H16Cl2N2. The van der Waals surface area contributed by atoms with E-state index in [1.807, 2.05) is 12.1 Å². The van der Waals surface area contributed by atoms with Crippen LogP contribution in [0.25, 0.3) is 0 Å². The molecule has 84 valence electrons. The first-order chi connectivity index (χ1) is 7.19. The zero-order valence-electron chi connectivity index (χ0n) is 8.84. The highest BCUT2D eigenvalue weighted by Crippen LogP contribution is 2.28. The molecule has 0 radical (unpaired) electrons. The molecule has 0 amide bonds. The van der Waals surface area contributed by atoms with Crippen LogP contribution in [0.4, 0.5) is 5.69 Å². The Hall–Kier alpha value is -0.440. The highest BCUT2D eigenvalue weighted by Gasteiger charge is 2.08. The molecule has 0 aliphatic carbocycles. The van der Waals surface area contributed by atoms with E-state index in [1.165, 1.54) is 0 Å². The minimum atomic E-state index is 0.624. The summed E-state index contributed by atoms with van der Waals surface area (Å²) < 4.78 is 0. The Kier molecular flexibility index (Phi) is 5.23. The van der Waals surface area contributed by atoms with Gasteiger partial charge in [0.05, 0.1) is 10.7 Å². The molecule has 0 bridgehead atoms. The normalized spacial score (nSPS) is 10.4. The van der Waals surface area contributed by atoms with Crippen LogP contribution in [-0.4, -0.2) is 19.6 Å². The van der Waals surface area contributed by atoms with Crippen LogP contribution in [0.5, 0.6) is 0 Å². The SMILES string of the molecule is CCCN(CCN)c1ccc(Cl)cc1Cl. The van der Waals surface area contributed by atoms with Crippen molar-refractivity contribution in [3.8, 4) is 0 Å². The molecule has 0 saturated heterocycles. The van der Waals surface area contributed by atoms with Crippen LogP contribution in [0.15, 0.2) is 18.2 Å². The number of benzene rings is 1. The van der Waals surface area contributed by atoms with Gasteiger partial charge in [-0.15, -0.1) is 0 Å². The minimum Gasteiger partial charge on any atom is -0.369 e. The van der Waals surface area contributed by atoms with E-state index in [-0.39, 0.29) is 0 Å². The summed E-state index contributed by atoms with van der Waals surface area (Å²) >= 11 is 12.0. The first-order valence-electron chi connectivity index (χ1n) is 5.09. The Balaban J connectivity index is 2.89. The Bertz CT molecular complexity index is 309. The van der Waals surface area contributed by atoms with Gasteiger partial charge in [-0.1, -0.05) is 30.1 Å². The Morgan fingerprint density at radius 3 is 2.53 bits per heavy atom. The van der Waals surface area contributed by atoms with Crippen molar-refractivity contribution in [2.45, 2.75) is 13.3 Å².